The van der Waals surface area contributed by atoms with Gasteiger partial charge in [-0.15, -0.1) is 0 Å². The Morgan fingerprint density at radius 2 is 1.69 bits per heavy atom. The fourth-order valence-corrected chi connectivity index (χ4v) is 4.50. The lowest BCUT2D eigenvalue weighted by molar-refractivity contribution is -0.658. The van der Waals surface area contributed by atoms with E-state index >= 15 is 0 Å². The SMILES string of the molecule is C[n+]1cccc2c1B1c3c(ccnc3O2)N(c2ccccc2)c2ncc[n+](C)c21. The molecule has 0 saturated carbocycles. The van der Waals surface area contributed by atoms with Crippen LogP contribution < -0.4 is 35.4 Å². The van der Waals surface area contributed by atoms with Crippen molar-refractivity contribution < 1.29 is 13.9 Å². The highest BCUT2D eigenvalue weighted by molar-refractivity contribution is 6.97. The third kappa shape index (κ3) is 2.18. The van der Waals surface area contributed by atoms with Crippen molar-refractivity contribution in [2.45, 2.75) is 0 Å². The Labute approximate surface area is 168 Å². The Morgan fingerprint density at radius 3 is 2.55 bits per heavy atom. The molecule has 0 amide bonds. The summed E-state index contributed by atoms with van der Waals surface area (Å²) in [6.45, 7) is -0.0164. The van der Waals surface area contributed by atoms with E-state index in [0.717, 1.165) is 39.6 Å². The quantitative estimate of drug-likeness (QED) is 0.309. The van der Waals surface area contributed by atoms with Crippen LogP contribution in [0.5, 0.6) is 11.6 Å². The van der Waals surface area contributed by atoms with Gasteiger partial charge in [-0.25, -0.2) is 19.1 Å². The molecule has 0 atom stereocenters. The van der Waals surface area contributed by atoms with E-state index in [1.807, 2.05) is 55.0 Å². The first kappa shape index (κ1) is 16.2. The Hall–Kier alpha value is -3.74. The molecule has 0 saturated heterocycles. The van der Waals surface area contributed by atoms with Crippen molar-refractivity contribution in [3.8, 4) is 11.6 Å². The van der Waals surface area contributed by atoms with Crippen molar-refractivity contribution in [2.24, 2.45) is 14.1 Å². The fourth-order valence-electron chi connectivity index (χ4n) is 4.50. The van der Waals surface area contributed by atoms with Gasteiger partial charge in [0.1, 0.15) is 14.1 Å². The predicted octanol–water partition coefficient (Wildman–Crippen LogP) is 0.531. The van der Waals surface area contributed by atoms with Crippen molar-refractivity contribution in [3.63, 3.8) is 0 Å². The van der Waals surface area contributed by atoms with Crippen molar-refractivity contribution in [3.05, 3.63) is 73.3 Å². The lowest BCUT2D eigenvalue weighted by Crippen LogP contribution is -2.74. The van der Waals surface area contributed by atoms with Crippen LogP contribution in [-0.4, -0.2) is 16.7 Å². The molecule has 6 nitrogen and oxygen atoms in total. The average molecular weight is 379 g/mol. The molecule has 4 aromatic rings. The summed E-state index contributed by atoms with van der Waals surface area (Å²) in [6, 6.07) is 16.4. The number of aromatic nitrogens is 4. The molecular weight excluding hydrogens is 361 g/mol. The number of rotatable bonds is 1. The average Bonchev–Trinajstić information content (AvgIpc) is 2.74. The van der Waals surface area contributed by atoms with E-state index in [2.05, 4.69) is 51.4 Å². The van der Waals surface area contributed by atoms with E-state index in [-0.39, 0.29) is 6.71 Å². The zero-order valence-corrected chi connectivity index (χ0v) is 16.1. The van der Waals surface area contributed by atoms with E-state index in [4.69, 9.17) is 9.72 Å². The summed E-state index contributed by atoms with van der Waals surface area (Å²) < 4.78 is 10.5. The van der Waals surface area contributed by atoms with Gasteiger partial charge in [-0.1, -0.05) is 18.2 Å². The van der Waals surface area contributed by atoms with Gasteiger partial charge in [0.05, 0.1) is 11.9 Å². The van der Waals surface area contributed by atoms with Gasteiger partial charge in [0, 0.05) is 23.4 Å². The first-order chi connectivity index (χ1) is 14.2. The summed E-state index contributed by atoms with van der Waals surface area (Å²) in [6.07, 6.45) is 7.72. The number of anilines is 3. The van der Waals surface area contributed by atoms with E-state index in [1.165, 1.54) is 0 Å². The second kappa shape index (κ2) is 5.88. The minimum absolute atomic E-state index is 0.0164. The number of nitrogens with zero attached hydrogens (tertiary/aromatic N) is 5. The highest BCUT2D eigenvalue weighted by atomic mass is 16.5. The van der Waals surface area contributed by atoms with Crippen LogP contribution in [0.4, 0.5) is 17.2 Å². The molecule has 6 rings (SSSR count). The van der Waals surface area contributed by atoms with E-state index in [0.29, 0.717) is 5.88 Å². The lowest BCUT2D eigenvalue weighted by Gasteiger charge is -2.34. The first-order valence-corrected chi connectivity index (χ1v) is 9.59. The fraction of sp³-hybridized carbons (Fsp3) is 0.0909. The smallest absolute Gasteiger partial charge is 0.423 e. The summed E-state index contributed by atoms with van der Waals surface area (Å²) in [7, 11) is 4.13. The maximum absolute atomic E-state index is 6.26. The van der Waals surface area contributed by atoms with Gasteiger partial charge < -0.3 is 4.74 Å². The minimum Gasteiger partial charge on any atom is -0.434 e. The van der Waals surface area contributed by atoms with Gasteiger partial charge in [-0.3, -0.25) is 4.90 Å². The molecule has 1 aromatic carbocycles. The molecule has 2 aliphatic heterocycles. The Morgan fingerprint density at radius 1 is 0.862 bits per heavy atom. The number of pyridine rings is 2. The van der Waals surface area contributed by atoms with Crippen LogP contribution in [0.2, 0.25) is 0 Å². The minimum atomic E-state index is -0.0164. The van der Waals surface area contributed by atoms with Crippen molar-refractivity contribution in [1.82, 2.24) is 9.97 Å². The molecule has 0 spiro atoms. The molecule has 5 heterocycles. The van der Waals surface area contributed by atoms with Crippen LogP contribution in [0.3, 0.4) is 0 Å². The molecule has 2 aliphatic rings. The van der Waals surface area contributed by atoms with E-state index in [1.54, 1.807) is 0 Å². The normalized spacial score (nSPS) is 13.3. The Kier molecular flexibility index (Phi) is 3.29. The number of hydrogen-bond donors (Lipinski definition) is 0. The summed E-state index contributed by atoms with van der Waals surface area (Å²) in [5, 5.41) is 0. The third-order valence-corrected chi connectivity index (χ3v) is 5.73. The van der Waals surface area contributed by atoms with E-state index in [9.17, 15) is 0 Å². The van der Waals surface area contributed by atoms with Crippen molar-refractivity contribution in [1.29, 1.82) is 0 Å². The molecule has 7 heteroatoms. The van der Waals surface area contributed by atoms with Crippen LogP contribution in [0.25, 0.3) is 0 Å². The highest BCUT2D eigenvalue weighted by Crippen LogP contribution is 2.37. The number of para-hydroxylation sites is 1. The number of benzene rings is 1. The van der Waals surface area contributed by atoms with Crippen molar-refractivity contribution >= 4 is 40.6 Å². The van der Waals surface area contributed by atoms with Gasteiger partial charge in [-0.05, 0) is 24.3 Å². The van der Waals surface area contributed by atoms with Crippen molar-refractivity contribution in [2.75, 3.05) is 4.90 Å². The van der Waals surface area contributed by atoms with Crippen LogP contribution >= 0.6 is 0 Å². The molecule has 138 valence electrons. The van der Waals surface area contributed by atoms with Crippen LogP contribution in [0, 0.1) is 0 Å². The second-order valence-electron chi connectivity index (χ2n) is 7.37. The van der Waals surface area contributed by atoms with Crippen LogP contribution in [-0.2, 0) is 14.1 Å². The molecule has 29 heavy (non-hydrogen) atoms. The van der Waals surface area contributed by atoms with Gasteiger partial charge in [0.15, 0.2) is 35.1 Å². The molecular formula is C22H18BN5O+2. The zero-order chi connectivity index (χ0) is 19.5. The number of hydrogen-bond acceptors (Lipinski definition) is 4. The van der Waals surface area contributed by atoms with Crippen LogP contribution in [0.15, 0.2) is 73.3 Å². The number of ether oxygens (including phenoxy) is 1. The topological polar surface area (TPSA) is 46.0 Å². The summed E-state index contributed by atoms with van der Waals surface area (Å²) in [5.74, 6) is 2.41. The largest absolute Gasteiger partial charge is 0.434 e. The maximum Gasteiger partial charge on any atom is 0.423 e. The van der Waals surface area contributed by atoms with Crippen LogP contribution in [0.1, 0.15) is 0 Å². The molecule has 0 fully saturated rings. The molecule has 0 N–H and O–H groups in total. The molecule has 0 aliphatic carbocycles. The maximum atomic E-state index is 6.26. The predicted molar refractivity (Wildman–Crippen MR) is 110 cm³/mol. The van der Waals surface area contributed by atoms with E-state index < -0.39 is 0 Å². The summed E-state index contributed by atoms with van der Waals surface area (Å²) in [4.78, 5) is 11.6. The summed E-state index contributed by atoms with van der Waals surface area (Å²) >= 11 is 0. The Balaban J connectivity index is 1.74. The Bertz CT molecular complexity index is 1260. The van der Waals surface area contributed by atoms with Gasteiger partial charge in [-0.2, -0.15) is 0 Å². The number of fused-ring (bicyclic) bond motifs is 4. The highest BCUT2D eigenvalue weighted by Gasteiger charge is 2.53. The molecule has 0 unspecified atom stereocenters. The third-order valence-electron chi connectivity index (χ3n) is 5.73. The second-order valence-corrected chi connectivity index (χ2v) is 7.37. The lowest BCUT2D eigenvalue weighted by atomic mass is 9.37. The summed E-state index contributed by atoms with van der Waals surface area (Å²) in [5.41, 5.74) is 5.40. The van der Waals surface area contributed by atoms with Gasteiger partial charge in [0.2, 0.25) is 5.88 Å². The van der Waals surface area contributed by atoms with Gasteiger partial charge in [0.25, 0.3) is 0 Å². The first-order valence-electron chi connectivity index (χ1n) is 9.59. The molecule has 0 radical (unpaired) electrons. The molecule has 0 bridgehead atoms. The number of aryl methyl sites for hydroxylation is 2. The van der Waals surface area contributed by atoms with Gasteiger partial charge >= 0.3 is 6.71 Å². The zero-order valence-electron chi connectivity index (χ0n) is 16.1. The standard InChI is InChI=1S/C22H18BN5O/c1-26-13-6-9-17-19(26)23-18-16(10-11-25-22(18)29-17)28(15-7-4-3-5-8-15)21-20(23)27(2)14-12-24-21/h3-14H,1-2H3/q+2. The molecule has 3 aromatic heterocycles. The monoisotopic (exact) mass is 379 g/mol.